The molecule has 0 radical (unpaired) electrons. The topological polar surface area (TPSA) is 0 Å². The molecule has 0 unspecified atom stereocenters. The lowest BCUT2D eigenvalue weighted by molar-refractivity contribution is 1.45. The molecule has 0 atom stereocenters. The van der Waals surface area contributed by atoms with Crippen LogP contribution in [0.3, 0.4) is 0 Å². The third-order valence-corrected chi connectivity index (χ3v) is 1.29. The molecule has 14 heavy (non-hydrogen) atoms. The summed E-state index contributed by atoms with van der Waals surface area (Å²) in [5.74, 6) is 5.86. The van der Waals surface area contributed by atoms with Crippen LogP contribution in [0.25, 0.3) is 0 Å². The van der Waals surface area contributed by atoms with Crippen molar-refractivity contribution < 1.29 is 0 Å². The van der Waals surface area contributed by atoms with Gasteiger partial charge in [0.15, 0.2) is 0 Å². The second-order valence-electron chi connectivity index (χ2n) is 2.24. The van der Waals surface area contributed by atoms with E-state index in [1.54, 1.807) is 0 Å². The molecule has 0 heterocycles. The summed E-state index contributed by atoms with van der Waals surface area (Å²) >= 11 is 0. The standard InChI is InChI=1S/C10H10.2C2H6/c1-3-5-10-7-4-6-9(2)8-10;2*1-2/h4,6-8H,1-2H3;2*1-2H3. The Bertz CT molecular complexity index is 274. The van der Waals surface area contributed by atoms with Gasteiger partial charge in [0.25, 0.3) is 0 Å². The van der Waals surface area contributed by atoms with E-state index in [4.69, 9.17) is 0 Å². The van der Waals surface area contributed by atoms with E-state index in [2.05, 4.69) is 30.9 Å². The fourth-order valence-corrected chi connectivity index (χ4v) is 0.867. The van der Waals surface area contributed by atoms with E-state index in [1.807, 2.05) is 46.8 Å². The van der Waals surface area contributed by atoms with Crippen LogP contribution < -0.4 is 0 Å². The van der Waals surface area contributed by atoms with Crippen molar-refractivity contribution in [3.8, 4) is 11.8 Å². The molecular formula is C14H22. The van der Waals surface area contributed by atoms with Gasteiger partial charge in [-0.15, -0.1) is 5.92 Å². The van der Waals surface area contributed by atoms with Crippen molar-refractivity contribution in [2.24, 2.45) is 0 Å². The first-order valence-corrected chi connectivity index (χ1v) is 5.32. The number of hydrogen-bond acceptors (Lipinski definition) is 0. The van der Waals surface area contributed by atoms with Crippen molar-refractivity contribution in [1.82, 2.24) is 0 Å². The Hall–Kier alpha value is -1.22. The van der Waals surface area contributed by atoms with E-state index >= 15 is 0 Å². The molecule has 0 N–H and O–H groups in total. The van der Waals surface area contributed by atoms with E-state index in [0.29, 0.717) is 0 Å². The first kappa shape index (κ1) is 15.3. The average Bonchev–Trinajstić information content (AvgIpc) is 2.24. The lowest BCUT2D eigenvalue weighted by atomic mass is 10.1. The predicted octanol–water partition coefficient (Wildman–Crippen LogP) is 4.42. The Kier molecular flexibility index (Phi) is 12.8. The molecule has 0 saturated carbocycles. The summed E-state index contributed by atoms with van der Waals surface area (Å²) in [7, 11) is 0. The number of benzene rings is 1. The Labute approximate surface area is 89.4 Å². The van der Waals surface area contributed by atoms with Gasteiger partial charge in [-0.1, -0.05) is 45.7 Å². The molecular weight excluding hydrogens is 168 g/mol. The summed E-state index contributed by atoms with van der Waals surface area (Å²) in [4.78, 5) is 0. The van der Waals surface area contributed by atoms with Gasteiger partial charge in [-0.05, 0) is 31.5 Å². The lowest BCUT2D eigenvalue weighted by Gasteiger charge is -1.90. The maximum absolute atomic E-state index is 3.00. The molecule has 0 saturated heterocycles. The zero-order valence-corrected chi connectivity index (χ0v) is 10.3. The van der Waals surface area contributed by atoms with E-state index in [1.165, 1.54) is 5.56 Å². The molecule has 0 aliphatic carbocycles. The third kappa shape index (κ3) is 7.43. The smallest absolute Gasteiger partial charge is 0.0247 e. The van der Waals surface area contributed by atoms with Gasteiger partial charge >= 0.3 is 0 Å². The molecule has 0 heteroatoms. The molecule has 0 bridgehead atoms. The second kappa shape index (κ2) is 11.8. The Morgan fingerprint density at radius 2 is 1.57 bits per heavy atom. The van der Waals surface area contributed by atoms with Gasteiger partial charge in [0.1, 0.15) is 0 Å². The molecule has 0 fully saturated rings. The number of aryl methyl sites for hydroxylation is 1. The summed E-state index contributed by atoms with van der Waals surface area (Å²) in [6.07, 6.45) is 0. The molecule has 78 valence electrons. The minimum Gasteiger partial charge on any atom is -0.101 e. The fourth-order valence-electron chi connectivity index (χ4n) is 0.867. The molecule has 0 aromatic heterocycles. The highest BCUT2D eigenvalue weighted by Gasteiger charge is 1.84. The van der Waals surface area contributed by atoms with Crippen molar-refractivity contribution in [1.29, 1.82) is 0 Å². The molecule has 1 rings (SSSR count). The Balaban J connectivity index is 0. The summed E-state index contributed by atoms with van der Waals surface area (Å²) in [5, 5.41) is 0. The van der Waals surface area contributed by atoms with E-state index in [-0.39, 0.29) is 0 Å². The van der Waals surface area contributed by atoms with Crippen molar-refractivity contribution in [3.05, 3.63) is 35.4 Å². The van der Waals surface area contributed by atoms with Crippen molar-refractivity contribution >= 4 is 0 Å². The zero-order valence-electron chi connectivity index (χ0n) is 10.3. The molecule has 0 amide bonds. The van der Waals surface area contributed by atoms with Crippen LogP contribution in [0.1, 0.15) is 45.7 Å². The predicted molar refractivity (Wildman–Crippen MR) is 66.4 cm³/mol. The summed E-state index contributed by atoms with van der Waals surface area (Å²) in [6.45, 7) is 11.9. The van der Waals surface area contributed by atoms with Gasteiger partial charge in [0.05, 0.1) is 0 Å². The van der Waals surface area contributed by atoms with E-state index in [9.17, 15) is 0 Å². The molecule has 0 nitrogen and oxygen atoms in total. The number of rotatable bonds is 0. The van der Waals surface area contributed by atoms with Crippen LogP contribution in [-0.2, 0) is 0 Å². The largest absolute Gasteiger partial charge is 0.101 e. The van der Waals surface area contributed by atoms with Crippen LogP contribution in [-0.4, -0.2) is 0 Å². The van der Waals surface area contributed by atoms with Crippen LogP contribution in [0.5, 0.6) is 0 Å². The highest BCUT2D eigenvalue weighted by Crippen LogP contribution is 2.01. The van der Waals surface area contributed by atoms with Crippen molar-refractivity contribution in [2.75, 3.05) is 0 Å². The van der Waals surface area contributed by atoms with Crippen LogP contribution >= 0.6 is 0 Å². The van der Waals surface area contributed by atoms with Crippen LogP contribution in [0.2, 0.25) is 0 Å². The van der Waals surface area contributed by atoms with E-state index in [0.717, 1.165) is 5.56 Å². The minimum absolute atomic E-state index is 1.10. The quantitative estimate of drug-likeness (QED) is 0.531. The summed E-state index contributed by atoms with van der Waals surface area (Å²) < 4.78 is 0. The van der Waals surface area contributed by atoms with Gasteiger partial charge in [-0.3, -0.25) is 0 Å². The van der Waals surface area contributed by atoms with E-state index < -0.39 is 0 Å². The van der Waals surface area contributed by atoms with Crippen LogP contribution in [0.4, 0.5) is 0 Å². The SMILES string of the molecule is CC.CC.CC#Cc1cccc(C)c1. The van der Waals surface area contributed by atoms with Gasteiger partial charge in [0, 0.05) is 5.56 Å². The first-order chi connectivity index (χ1) is 6.83. The highest BCUT2D eigenvalue weighted by molar-refractivity contribution is 5.36. The molecule has 0 spiro atoms. The zero-order chi connectivity index (χ0) is 11.4. The molecule has 0 aliphatic heterocycles. The molecule has 1 aromatic rings. The highest BCUT2D eigenvalue weighted by atomic mass is 13.9. The molecule has 0 aliphatic rings. The fraction of sp³-hybridized carbons (Fsp3) is 0.429. The average molecular weight is 190 g/mol. The Morgan fingerprint density at radius 3 is 2.00 bits per heavy atom. The van der Waals surface area contributed by atoms with Gasteiger partial charge in [0.2, 0.25) is 0 Å². The second-order valence-corrected chi connectivity index (χ2v) is 2.24. The Morgan fingerprint density at radius 1 is 1.00 bits per heavy atom. The van der Waals surface area contributed by atoms with Crippen LogP contribution in [0, 0.1) is 18.8 Å². The van der Waals surface area contributed by atoms with Gasteiger partial charge < -0.3 is 0 Å². The van der Waals surface area contributed by atoms with Gasteiger partial charge in [-0.25, -0.2) is 0 Å². The first-order valence-electron chi connectivity index (χ1n) is 5.32. The summed E-state index contributed by atoms with van der Waals surface area (Å²) in [5.41, 5.74) is 2.36. The lowest BCUT2D eigenvalue weighted by Crippen LogP contribution is -1.74. The maximum atomic E-state index is 3.00. The maximum Gasteiger partial charge on any atom is 0.0247 e. The van der Waals surface area contributed by atoms with Crippen LogP contribution in [0.15, 0.2) is 24.3 Å². The number of hydrogen-bond donors (Lipinski definition) is 0. The molecule has 1 aromatic carbocycles. The van der Waals surface area contributed by atoms with Crippen molar-refractivity contribution in [2.45, 2.75) is 41.5 Å². The van der Waals surface area contributed by atoms with Crippen molar-refractivity contribution in [3.63, 3.8) is 0 Å². The monoisotopic (exact) mass is 190 g/mol. The third-order valence-electron chi connectivity index (χ3n) is 1.29. The van der Waals surface area contributed by atoms with Gasteiger partial charge in [-0.2, -0.15) is 0 Å². The minimum atomic E-state index is 1.10. The normalized spacial score (nSPS) is 6.71. The summed E-state index contributed by atoms with van der Waals surface area (Å²) in [6, 6.07) is 8.19.